The molecule has 0 atom stereocenters. The van der Waals surface area contributed by atoms with Crippen molar-refractivity contribution in [2.24, 2.45) is 16.1 Å². The number of aryl methyl sites for hydroxylation is 1. The first kappa shape index (κ1) is 21.1. The van der Waals surface area contributed by atoms with E-state index in [2.05, 4.69) is 24.1 Å². The number of ether oxygens (including phenoxy) is 1. The number of carbonyl (C=O) groups is 1. The van der Waals surface area contributed by atoms with Crippen LogP contribution in [-0.4, -0.2) is 22.2 Å². The number of rotatable bonds is 7. The molecular formula is C21H21Cl2N3O3. The van der Waals surface area contributed by atoms with E-state index in [1.54, 1.807) is 16.7 Å². The lowest BCUT2D eigenvalue weighted by atomic mass is 10.1. The summed E-state index contributed by atoms with van der Waals surface area (Å²) in [5.41, 5.74) is 1.11. The topological polar surface area (TPSA) is 76.2 Å². The number of nitrogens with zero attached hydrogens (tertiary/aromatic N) is 3. The SMILES string of the molecule is CC(C)CCn1c(O)c(N=NC(=O)COc2ccc(Cl)cc2Cl)c2ccccc21. The highest BCUT2D eigenvalue weighted by Crippen LogP contribution is 2.39. The van der Waals surface area contributed by atoms with Crippen LogP contribution in [0.5, 0.6) is 11.6 Å². The Morgan fingerprint density at radius 1 is 1.21 bits per heavy atom. The quantitative estimate of drug-likeness (QED) is 0.438. The molecule has 152 valence electrons. The maximum Gasteiger partial charge on any atom is 0.302 e. The molecule has 2 aromatic carbocycles. The van der Waals surface area contributed by atoms with Gasteiger partial charge in [0.25, 0.3) is 0 Å². The van der Waals surface area contributed by atoms with Gasteiger partial charge in [-0.2, -0.15) is 0 Å². The van der Waals surface area contributed by atoms with Gasteiger partial charge in [0, 0.05) is 17.0 Å². The predicted molar refractivity (Wildman–Crippen MR) is 115 cm³/mol. The molecule has 0 aliphatic rings. The van der Waals surface area contributed by atoms with Gasteiger partial charge >= 0.3 is 5.91 Å². The van der Waals surface area contributed by atoms with Crippen molar-refractivity contribution in [1.29, 1.82) is 0 Å². The Labute approximate surface area is 178 Å². The van der Waals surface area contributed by atoms with Crippen LogP contribution in [-0.2, 0) is 11.3 Å². The number of hydrogen-bond donors (Lipinski definition) is 1. The Kier molecular flexibility index (Phi) is 6.77. The zero-order valence-electron chi connectivity index (χ0n) is 16.1. The largest absolute Gasteiger partial charge is 0.493 e. The zero-order chi connectivity index (χ0) is 21.0. The van der Waals surface area contributed by atoms with E-state index in [9.17, 15) is 9.90 Å². The van der Waals surface area contributed by atoms with Crippen molar-refractivity contribution in [2.75, 3.05) is 6.61 Å². The number of aromatic nitrogens is 1. The minimum Gasteiger partial charge on any atom is -0.493 e. The molecule has 0 aliphatic heterocycles. The van der Waals surface area contributed by atoms with E-state index in [-0.39, 0.29) is 18.2 Å². The molecule has 1 amide bonds. The number of benzene rings is 2. The highest BCUT2D eigenvalue weighted by molar-refractivity contribution is 6.35. The van der Waals surface area contributed by atoms with E-state index in [1.165, 1.54) is 6.07 Å². The average molecular weight is 434 g/mol. The summed E-state index contributed by atoms with van der Waals surface area (Å²) in [6.45, 7) is 4.55. The Morgan fingerprint density at radius 2 is 1.97 bits per heavy atom. The first-order valence-electron chi connectivity index (χ1n) is 9.19. The maximum atomic E-state index is 12.1. The maximum absolute atomic E-state index is 12.1. The number of aromatic hydroxyl groups is 1. The van der Waals surface area contributed by atoms with Gasteiger partial charge in [-0.1, -0.05) is 55.2 Å². The fourth-order valence-electron chi connectivity index (χ4n) is 2.85. The number of amides is 1. The van der Waals surface area contributed by atoms with Gasteiger partial charge in [0.15, 0.2) is 12.3 Å². The molecule has 3 rings (SSSR count). The van der Waals surface area contributed by atoms with Gasteiger partial charge < -0.3 is 14.4 Å². The second kappa shape index (κ2) is 9.29. The Balaban J connectivity index is 1.77. The molecule has 8 heteroatoms. The average Bonchev–Trinajstić information content (AvgIpc) is 2.95. The summed E-state index contributed by atoms with van der Waals surface area (Å²) < 4.78 is 7.16. The Morgan fingerprint density at radius 3 is 2.69 bits per heavy atom. The molecule has 29 heavy (non-hydrogen) atoms. The van der Waals surface area contributed by atoms with Crippen molar-refractivity contribution in [1.82, 2.24) is 4.57 Å². The smallest absolute Gasteiger partial charge is 0.302 e. The first-order valence-corrected chi connectivity index (χ1v) is 9.95. The number of fused-ring (bicyclic) bond motifs is 1. The van der Waals surface area contributed by atoms with Crippen LogP contribution in [0.2, 0.25) is 10.0 Å². The summed E-state index contributed by atoms with van der Waals surface area (Å²) in [6.07, 6.45) is 0.900. The molecule has 0 bridgehead atoms. The molecule has 0 fully saturated rings. The van der Waals surface area contributed by atoms with Gasteiger partial charge in [0.1, 0.15) is 5.75 Å². The predicted octanol–water partition coefficient (Wildman–Crippen LogP) is 6.39. The van der Waals surface area contributed by atoms with Crippen LogP contribution >= 0.6 is 23.2 Å². The monoisotopic (exact) mass is 433 g/mol. The van der Waals surface area contributed by atoms with Gasteiger partial charge in [-0.25, -0.2) is 0 Å². The summed E-state index contributed by atoms with van der Waals surface area (Å²) in [6, 6.07) is 12.2. The van der Waals surface area contributed by atoms with Crippen LogP contribution in [0.3, 0.4) is 0 Å². The molecule has 1 N–H and O–H groups in total. The minimum atomic E-state index is -0.602. The minimum absolute atomic E-state index is 0.00920. The number of para-hydroxylation sites is 1. The molecule has 0 aliphatic carbocycles. The second-order valence-corrected chi connectivity index (χ2v) is 7.82. The van der Waals surface area contributed by atoms with E-state index in [1.807, 2.05) is 24.3 Å². The normalized spacial score (nSPS) is 11.6. The molecule has 0 radical (unpaired) electrons. The molecule has 0 saturated heterocycles. The van der Waals surface area contributed by atoms with E-state index < -0.39 is 5.91 Å². The van der Waals surface area contributed by atoms with E-state index >= 15 is 0 Å². The lowest BCUT2D eigenvalue weighted by molar-refractivity contribution is -0.120. The van der Waals surface area contributed by atoms with Crippen LogP contribution in [0.25, 0.3) is 10.9 Å². The molecule has 3 aromatic rings. The van der Waals surface area contributed by atoms with Crippen molar-refractivity contribution < 1.29 is 14.6 Å². The summed E-state index contributed by atoms with van der Waals surface area (Å²) in [4.78, 5) is 12.1. The van der Waals surface area contributed by atoms with Crippen LogP contribution < -0.4 is 4.74 Å². The highest BCUT2D eigenvalue weighted by atomic mass is 35.5. The fourth-order valence-corrected chi connectivity index (χ4v) is 3.31. The van der Waals surface area contributed by atoms with Crippen molar-refractivity contribution in [3.05, 3.63) is 52.5 Å². The molecule has 1 aromatic heterocycles. The van der Waals surface area contributed by atoms with E-state index in [0.717, 1.165) is 17.3 Å². The van der Waals surface area contributed by atoms with Crippen LogP contribution in [0.15, 0.2) is 52.7 Å². The third-order valence-corrected chi connectivity index (χ3v) is 4.88. The lowest BCUT2D eigenvalue weighted by Gasteiger charge is -2.08. The van der Waals surface area contributed by atoms with Crippen LogP contribution in [0.1, 0.15) is 20.3 Å². The Hall–Kier alpha value is -2.57. The molecular weight excluding hydrogens is 413 g/mol. The first-order chi connectivity index (χ1) is 13.9. The van der Waals surface area contributed by atoms with Crippen molar-refractivity contribution in [3.8, 4) is 11.6 Å². The molecule has 6 nitrogen and oxygen atoms in total. The standard InChI is InChI=1S/C21H21Cl2N3O3/c1-13(2)9-10-26-17-6-4-3-5-15(17)20(21(26)28)25-24-19(27)12-29-18-8-7-14(22)11-16(18)23/h3-8,11,13,28H,9-10,12H2,1-2H3. The Bertz CT molecular complexity index is 1060. The number of halogens is 2. The van der Waals surface area contributed by atoms with E-state index in [0.29, 0.717) is 28.3 Å². The fraction of sp³-hybridized carbons (Fsp3) is 0.286. The number of azo groups is 1. The van der Waals surface area contributed by atoms with Crippen molar-refractivity contribution >= 4 is 45.7 Å². The van der Waals surface area contributed by atoms with Crippen molar-refractivity contribution in [2.45, 2.75) is 26.8 Å². The van der Waals surface area contributed by atoms with Crippen LogP contribution in [0.4, 0.5) is 5.69 Å². The summed E-state index contributed by atoms with van der Waals surface area (Å²) in [5.74, 6) is 0.200. The molecule has 0 spiro atoms. The van der Waals surface area contributed by atoms with Gasteiger partial charge in [-0.15, -0.1) is 10.2 Å². The van der Waals surface area contributed by atoms with Gasteiger partial charge in [-0.3, -0.25) is 4.79 Å². The summed E-state index contributed by atoms with van der Waals surface area (Å²) in [7, 11) is 0. The van der Waals surface area contributed by atoms with Crippen LogP contribution in [0, 0.1) is 5.92 Å². The second-order valence-electron chi connectivity index (χ2n) is 6.98. The lowest BCUT2D eigenvalue weighted by Crippen LogP contribution is -2.08. The third-order valence-electron chi connectivity index (χ3n) is 4.35. The number of carbonyl (C=O) groups excluding carboxylic acids is 1. The highest BCUT2D eigenvalue weighted by Gasteiger charge is 2.17. The van der Waals surface area contributed by atoms with Gasteiger partial charge in [0.2, 0.25) is 5.88 Å². The summed E-state index contributed by atoms with van der Waals surface area (Å²) >= 11 is 11.9. The van der Waals surface area contributed by atoms with Crippen molar-refractivity contribution in [3.63, 3.8) is 0 Å². The van der Waals surface area contributed by atoms with Gasteiger partial charge in [-0.05, 0) is 36.6 Å². The van der Waals surface area contributed by atoms with Gasteiger partial charge in [0.05, 0.1) is 10.5 Å². The zero-order valence-corrected chi connectivity index (χ0v) is 17.6. The molecule has 1 heterocycles. The third kappa shape index (κ3) is 5.08. The van der Waals surface area contributed by atoms with E-state index in [4.69, 9.17) is 27.9 Å². The number of hydrogen-bond acceptors (Lipinski definition) is 4. The molecule has 0 saturated carbocycles. The summed E-state index contributed by atoms with van der Waals surface area (Å²) in [5, 5.41) is 19.8. The molecule has 0 unspecified atom stereocenters.